The first-order chi connectivity index (χ1) is 10.3. The zero-order valence-electron chi connectivity index (χ0n) is 13.4. The van der Waals surface area contributed by atoms with Crippen molar-refractivity contribution in [3.05, 3.63) is 0 Å². The van der Waals surface area contributed by atoms with E-state index in [2.05, 4.69) is 17.1 Å². The van der Waals surface area contributed by atoms with E-state index in [0.717, 1.165) is 45.6 Å². The summed E-state index contributed by atoms with van der Waals surface area (Å²) in [6.07, 6.45) is 6.38. The highest BCUT2D eigenvalue weighted by Gasteiger charge is 2.19. The number of rotatable bonds is 8. The van der Waals surface area contributed by atoms with Gasteiger partial charge in [0.2, 0.25) is 0 Å². The molecule has 2 aliphatic rings. The van der Waals surface area contributed by atoms with Crippen molar-refractivity contribution in [2.24, 2.45) is 0 Å². The van der Waals surface area contributed by atoms with Crippen LogP contribution in [0.25, 0.3) is 0 Å². The monoisotopic (exact) mass is 300 g/mol. The number of nitrogens with zero attached hydrogens (tertiary/aromatic N) is 1. The lowest BCUT2D eigenvalue weighted by atomic mass is 9.98. The first-order valence-corrected chi connectivity index (χ1v) is 8.62. The van der Waals surface area contributed by atoms with Crippen LogP contribution >= 0.6 is 0 Å². The molecule has 21 heavy (non-hydrogen) atoms. The molecule has 0 aromatic rings. The molecule has 1 heterocycles. The molecule has 1 saturated heterocycles. The second-order valence-electron chi connectivity index (χ2n) is 6.29. The Morgan fingerprint density at radius 3 is 2.90 bits per heavy atom. The zero-order valence-corrected chi connectivity index (χ0v) is 13.4. The molecule has 0 spiro atoms. The SMILES string of the molecule is CCN1CCOC(CNCC(O)COC2CCCCC2)C1. The van der Waals surface area contributed by atoms with Gasteiger partial charge >= 0.3 is 0 Å². The van der Waals surface area contributed by atoms with E-state index in [0.29, 0.717) is 19.3 Å². The van der Waals surface area contributed by atoms with Gasteiger partial charge in [-0.15, -0.1) is 0 Å². The van der Waals surface area contributed by atoms with Crippen LogP contribution in [0, 0.1) is 0 Å². The summed E-state index contributed by atoms with van der Waals surface area (Å²) in [5.41, 5.74) is 0. The van der Waals surface area contributed by atoms with E-state index in [4.69, 9.17) is 9.47 Å². The van der Waals surface area contributed by atoms with E-state index in [-0.39, 0.29) is 6.10 Å². The summed E-state index contributed by atoms with van der Waals surface area (Å²) in [7, 11) is 0. The number of hydrogen-bond acceptors (Lipinski definition) is 5. The van der Waals surface area contributed by atoms with E-state index < -0.39 is 6.10 Å². The summed E-state index contributed by atoms with van der Waals surface area (Å²) in [5, 5.41) is 13.3. The molecule has 2 rings (SSSR count). The van der Waals surface area contributed by atoms with Crippen LogP contribution in [0.5, 0.6) is 0 Å². The Morgan fingerprint density at radius 1 is 1.33 bits per heavy atom. The van der Waals surface area contributed by atoms with Crippen molar-refractivity contribution in [2.75, 3.05) is 45.9 Å². The number of nitrogens with one attached hydrogen (secondary N) is 1. The highest BCUT2D eigenvalue weighted by atomic mass is 16.5. The molecule has 2 atom stereocenters. The molecule has 1 aliphatic carbocycles. The quantitative estimate of drug-likeness (QED) is 0.701. The molecule has 5 heteroatoms. The Bertz CT molecular complexity index is 272. The molecule has 0 bridgehead atoms. The summed E-state index contributed by atoms with van der Waals surface area (Å²) in [4.78, 5) is 2.40. The molecule has 1 aliphatic heterocycles. The number of morpholine rings is 1. The second-order valence-corrected chi connectivity index (χ2v) is 6.29. The third kappa shape index (κ3) is 6.61. The van der Waals surface area contributed by atoms with Gasteiger partial charge in [-0.2, -0.15) is 0 Å². The summed E-state index contributed by atoms with van der Waals surface area (Å²) in [6, 6.07) is 0. The smallest absolute Gasteiger partial charge is 0.0897 e. The molecule has 0 amide bonds. The lowest BCUT2D eigenvalue weighted by molar-refractivity contribution is -0.0343. The fraction of sp³-hybridized carbons (Fsp3) is 1.00. The van der Waals surface area contributed by atoms with Crippen molar-refractivity contribution in [3.8, 4) is 0 Å². The maximum absolute atomic E-state index is 9.97. The van der Waals surface area contributed by atoms with Gasteiger partial charge < -0.3 is 19.9 Å². The van der Waals surface area contributed by atoms with E-state index in [1.54, 1.807) is 0 Å². The van der Waals surface area contributed by atoms with Gasteiger partial charge in [0.15, 0.2) is 0 Å². The topological polar surface area (TPSA) is 54.0 Å². The highest BCUT2D eigenvalue weighted by Crippen LogP contribution is 2.20. The Balaban J connectivity index is 1.51. The zero-order chi connectivity index (χ0) is 14.9. The van der Waals surface area contributed by atoms with Crippen LogP contribution in [-0.4, -0.2) is 74.3 Å². The minimum Gasteiger partial charge on any atom is -0.389 e. The first-order valence-electron chi connectivity index (χ1n) is 8.62. The third-order valence-electron chi connectivity index (χ3n) is 4.50. The van der Waals surface area contributed by atoms with Crippen molar-refractivity contribution < 1.29 is 14.6 Å². The molecule has 1 saturated carbocycles. The third-order valence-corrected chi connectivity index (χ3v) is 4.50. The van der Waals surface area contributed by atoms with Gasteiger partial charge in [-0.3, -0.25) is 4.90 Å². The molecule has 2 fully saturated rings. The average Bonchev–Trinajstić information content (AvgIpc) is 2.54. The van der Waals surface area contributed by atoms with Gasteiger partial charge in [0.1, 0.15) is 0 Å². The van der Waals surface area contributed by atoms with E-state index in [1.165, 1.54) is 19.3 Å². The fourth-order valence-corrected chi connectivity index (χ4v) is 3.14. The largest absolute Gasteiger partial charge is 0.389 e. The fourth-order valence-electron chi connectivity index (χ4n) is 3.14. The Kier molecular flexibility index (Phi) is 7.96. The minimum atomic E-state index is -0.419. The van der Waals surface area contributed by atoms with Gasteiger partial charge in [-0.05, 0) is 19.4 Å². The molecule has 0 radical (unpaired) electrons. The summed E-state index contributed by atoms with van der Waals surface area (Å²) >= 11 is 0. The Hall–Kier alpha value is -0.200. The van der Waals surface area contributed by atoms with Crippen LogP contribution in [0.3, 0.4) is 0 Å². The van der Waals surface area contributed by atoms with Gasteiger partial charge in [0.25, 0.3) is 0 Å². The van der Waals surface area contributed by atoms with Crippen molar-refractivity contribution in [2.45, 2.75) is 57.3 Å². The van der Waals surface area contributed by atoms with E-state index in [9.17, 15) is 5.11 Å². The molecule has 5 nitrogen and oxygen atoms in total. The van der Waals surface area contributed by atoms with Crippen molar-refractivity contribution in [1.29, 1.82) is 0 Å². The highest BCUT2D eigenvalue weighted by molar-refractivity contribution is 4.73. The number of ether oxygens (including phenoxy) is 2. The van der Waals surface area contributed by atoms with E-state index in [1.807, 2.05) is 0 Å². The number of aliphatic hydroxyl groups is 1. The first kappa shape index (κ1) is 17.2. The van der Waals surface area contributed by atoms with E-state index >= 15 is 0 Å². The van der Waals surface area contributed by atoms with Gasteiger partial charge in [-0.1, -0.05) is 26.2 Å². The van der Waals surface area contributed by atoms with Gasteiger partial charge in [-0.25, -0.2) is 0 Å². The second kappa shape index (κ2) is 9.74. The Labute approximate surface area is 129 Å². The maximum atomic E-state index is 9.97. The number of aliphatic hydroxyl groups excluding tert-OH is 1. The molecule has 2 unspecified atom stereocenters. The van der Waals surface area contributed by atoms with Crippen LogP contribution in [0.2, 0.25) is 0 Å². The number of likely N-dealkylation sites (N-methyl/N-ethyl adjacent to an activating group) is 1. The lowest BCUT2D eigenvalue weighted by Gasteiger charge is -2.32. The standard InChI is InChI=1S/C16H32N2O3/c1-2-18-8-9-20-16(12-18)11-17-10-14(19)13-21-15-6-4-3-5-7-15/h14-17,19H,2-13H2,1H3. The van der Waals surface area contributed by atoms with Gasteiger partial charge in [0.05, 0.1) is 31.5 Å². The molecule has 0 aromatic heterocycles. The van der Waals surface area contributed by atoms with Crippen molar-refractivity contribution in [3.63, 3.8) is 0 Å². The predicted molar refractivity (Wildman–Crippen MR) is 83.6 cm³/mol. The van der Waals surface area contributed by atoms with Crippen LogP contribution in [0.1, 0.15) is 39.0 Å². The van der Waals surface area contributed by atoms with Crippen LogP contribution in [0.4, 0.5) is 0 Å². The maximum Gasteiger partial charge on any atom is 0.0897 e. The lowest BCUT2D eigenvalue weighted by Crippen LogP contribution is -2.47. The normalized spacial score (nSPS) is 26.9. The molecular formula is C16H32N2O3. The minimum absolute atomic E-state index is 0.241. The molecule has 124 valence electrons. The number of hydrogen-bond donors (Lipinski definition) is 2. The van der Waals surface area contributed by atoms with Crippen LogP contribution < -0.4 is 5.32 Å². The van der Waals surface area contributed by atoms with Gasteiger partial charge in [0, 0.05) is 26.2 Å². The van der Waals surface area contributed by atoms with Crippen LogP contribution in [0.15, 0.2) is 0 Å². The van der Waals surface area contributed by atoms with Crippen molar-refractivity contribution >= 4 is 0 Å². The molecule has 2 N–H and O–H groups in total. The molecular weight excluding hydrogens is 268 g/mol. The Morgan fingerprint density at radius 2 is 2.14 bits per heavy atom. The predicted octanol–water partition coefficient (Wildman–Crippen LogP) is 1.01. The average molecular weight is 300 g/mol. The summed E-state index contributed by atoms with van der Waals surface area (Å²) in [6.45, 7) is 7.93. The molecule has 0 aromatic carbocycles. The summed E-state index contributed by atoms with van der Waals surface area (Å²) in [5.74, 6) is 0. The van der Waals surface area contributed by atoms with Crippen LogP contribution in [-0.2, 0) is 9.47 Å². The summed E-state index contributed by atoms with van der Waals surface area (Å²) < 4.78 is 11.5. The van der Waals surface area contributed by atoms with Crippen molar-refractivity contribution in [1.82, 2.24) is 10.2 Å².